The summed E-state index contributed by atoms with van der Waals surface area (Å²) in [5.74, 6) is -3.82. The maximum absolute atomic E-state index is 13.5. The summed E-state index contributed by atoms with van der Waals surface area (Å²) in [6, 6.07) is 0. The van der Waals surface area contributed by atoms with Crippen molar-refractivity contribution in [2.45, 2.75) is 77.2 Å². The van der Waals surface area contributed by atoms with Crippen molar-refractivity contribution in [3.8, 4) is 0 Å². The molecule has 0 radical (unpaired) electrons. The van der Waals surface area contributed by atoms with Crippen LogP contribution in [-0.2, 0) is 9.53 Å². The third-order valence-electron chi connectivity index (χ3n) is 3.08. The molecule has 0 aromatic carbocycles. The minimum atomic E-state index is -3.14. The molecule has 0 aliphatic heterocycles. The SMILES string of the molecule is C=CC(F)(F)[C@H](CCCCCCCCC)OC(C)=O. The zero-order valence-electron chi connectivity index (χ0n) is 12.1. The van der Waals surface area contributed by atoms with E-state index in [1.54, 1.807) is 0 Å². The van der Waals surface area contributed by atoms with Crippen molar-refractivity contribution in [3.63, 3.8) is 0 Å². The van der Waals surface area contributed by atoms with Crippen LogP contribution in [0.2, 0.25) is 0 Å². The van der Waals surface area contributed by atoms with E-state index < -0.39 is 18.0 Å². The predicted molar refractivity (Wildman–Crippen MR) is 73.3 cm³/mol. The van der Waals surface area contributed by atoms with Crippen LogP contribution in [0.25, 0.3) is 0 Å². The summed E-state index contributed by atoms with van der Waals surface area (Å²) in [4.78, 5) is 10.8. The molecule has 0 N–H and O–H groups in total. The van der Waals surface area contributed by atoms with Crippen molar-refractivity contribution >= 4 is 5.97 Å². The molecule has 0 unspecified atom stereocenters. The normalized spacial score (nSPS) is 13.1. The predicted octanol–water partition coefficient (Wildman–Crippen LogP) is 4.88. The van der Waals surface area contributed by atoms with E-state index in [1.165, 1.54) is 19.3 Å². The van der Waals surface area contributed by atoms with Crippen LogP contribution < -0.4 is 0 Å². The molecule has 4 heteroatoms. The number of carbonyl (C=O) groups is 1. The number of hydrogen-bond donors (Lipinski definition) is 0. The van der Waals surface area contributed by atoms with Crippen molar-refractivity contribution in [1.29, 1.82) is 0 Å². The molecule has 0 aromatic rings. The topological polar surface area (TPSA) is 26.3 Å². The monoisotopic (exact) mass is 276 g/mol. The van der Waals surface area contributed by atoms with Crippen LogP contribution >= 0.6 is 0 Å². The third-order valence-corrected chi connectivity index (χ3v) is 3.08. The van der Waals surface area contributed by atoms with Gasteiger partial charge in [0.1, 0.15) is 0 Å². The largest absolute Gasteiger partial charge is 0.456 e. The zero-order valence-corrected chi connectivity index (χ0v) is 12.1. The van der Waals surface area contributed by atoms with Gasteiger partial charge in [-0.15, -0.1) is 0 Å². The second-order valence-corrected chi connectivity index (χ2v) is 4.89. The van der Waals surface area contributed by atoms with Crippen LogP contribution in [0.1, 0.15) is 65.2 Å². The highest BCUT2D eigenvalue weighted by molar-refractivity contribution is 5.66. The third kappa shape index (κ3) is 8.73. The van der Waals surface area contributed by atoms with Gasteiger partial charge in [0.25, 0.3) is 0 Å². The molecule has 0 aliphatic carbocycles. The highest BCUT2D eigenvalue weighted by Crippen LogP contribution is 2.27. The molecular formula is C15H26F2O2. The summed E-state index contributed by atoms with van der Waals surface area (Å²) in [5.41, 5.74) is 0. The lowest BCUT2D eigenvalue weighted by molar-refractivity contribution is -0.163. The van der Waals surface area contributed by atoms with Gasteiger partial charge in [-0.2, -0.15) is 8.78 Å². The molecule has 2 nitrogen and oxygen atoms in total. The van der Waals surface area contributed by atoms with E-state index in [1.807, 2.05) is 0 Å². The molecule has 0 fully saturated rings. The second-order valence-electron chi connectivity index (χ2n) is 4.89. The Bertz CT molecular complexity index is 265. The second kappa shape index (κ2) is 9.93. The summed E-state index contributed by atoms with van der Waals surface area (Å²) in [6.45, 7) is 6.40. The fraction of sp³-hybridized carbons (Fsp3) is 0.800. The molecule has 0 saturated heterocycles. The van der Waals surface area contributed by atoms with Crippen molar-refractivity contribution < 1.29 is 18.3 Å². The Morgan fingerprint density at radius 3 is 2.21 bits per heavy atom. The molecule has 0 saturated carbocycles. The Labute approximate surface area is 115 Å². The lowest BCUT2D eigenvalue weighted by Gasteiger charge is -2.23. The number of carbonyl (C=O) groups excluding carboxylic acids is 1. The summed E-state index contributed by atoms with van der Waals surface area (Å²) >= 11 is 0. The van der Waals surface area contributed by atoms with Gasteiger partial charge in [-0.05, 0) is 18.9 Å². The zero-order chi connectivity index (χ0) is 14.7. The lowest BCUT2D eigenvalue weighted by Crippen LogP contribution is -2.35. The first-order valence-electron chi connectivity index (χ1n) is 7.12. The Morgan fingerprint density at radius 1 is 1.21 bits per heavy atom. The van der Waals surface area contributed by atoms with Gasteiger partial charge in [-0.1, -0.05) is 52.0 Å². The molecule has 0 spiro atoms. The van der Waals surface area contributed by atoms with Gasteiger partial charge < -0.3 is 4.74 Å². The first kappa shape index (κ1) is 18.1. The minimum Gasteiger partial charge on any atom is -0.456 e. The minimum absolute atomic E-state index is 0.187. The van der Waals surface area contributed by atoms with E-state index in [0.717, 1.165) is 26.2 Å². The lowest BCUT2D eigenvalue weighted by atomic mass is 10.0. The Kier molecular flexibility index (Phi) is 9.44. The molecule has 0 amide bonds. The fourth-order valence-electron chi connectivity index (χ4n) is 1.95. The molecule has 1 atom stereocenters. The highest BCUT2D eigenvalue weighted by atomic mass is 19.3. The van der Waals surface area contributed by atoms with Crippen molar-refractivity contribution in [3.05, 3.63) is 12.7 Å². The van der Waals surface area contributed by atoms with Crippen LogP contribution in [0.5, 0.6) is 0 Å². The summed E-state index contributed by atoms with van der Waals surface area (Å²) in [6.07, 6.45) is 6.72. The smallest absolute Gasteiger partial charge is 0.303 e. The molecule has 0 rings (SSSR count). The van der Waals surface area contributed by atoms with E-state index in [-0.39, 0.29) is 6.42 Å². The summed E-state index contributed by atoms with van der Waals surface area (Å²) < 4.78 is 31.6. The first-order chi connectivity index (χ1) is 8.94. The fourth-order valence-corrected chi connectivity index (χ4v) is 1.95. The van der Waals surface area contributed by atoms with Gasteiger partial charge in [0.15, 0.2) is 6.10 Å². The molecule has 0 bridgehead atoms. The van der Waals surface area contributed by atoms with Crippen molar-refractivity contribution in [2.24, 2.45) is 0 Å². The number of unbranched alkanes of at least 4 members (excludes halogenated alkanes) is 6. The Balaban J connectivity index is 3.94. The van der Waals surface area contributed by atoms with Gasteiger partial charge in [0.2, 0.25) is 0 Å². The first-order valence-corrected chi connectivity index (χ1v) is 7.12. The molecule has 19 heavy (non-hydrogen) atoms. The van der Waals surface area contributed by atoms with Gasteiger partial charge in [-0.3, -0.25) is 4.79 Å². The molecule has 0 aromatic heterocycles. The molecular weight excluding hydrogens is 250 g/mol. The average Bonchev–Trinajstić information content (AvgIpc) is 2.35. The molecule has 0 heterocycles. The van der Waals surface area contributed by atoms with E-state index in [9.17, 15) is 13.6 Å². The molecule has 112 valence electrons. The van der Waals surface area contributed by atoms with Gasteiger partial charge in [0.05, 0.1) is 0 Å². The van der Waals surface area contributed by atoms with Crippen LogP contribution in [0.4, 0.5) is 8.78 Å². The van der Waals surface area contributed by atoms with Crippen LogP contribution in [0.3, 0.4) is 0 Å². The van der Waals surface area contributed by atoms with Crippen LogP contribution in [-0.4, -0.2) is 18.0 Å². The van der Waals surface area contributed by atoms with Crippen LogP contribution in [0, 0.1) is 0 Å². The Morgan fingerprint density at radius 2 is 1.74 bits per heavy atom. The van der Waals surface area contributed by atoms with E-state index >= 15 is 0 Å². The van der Waals surface area contributed by atoms with Crippen LogP contribution in [0.15, 0.2) is 12.7 Å². The van der Waals surface area contributed by atoms with Crippen molar-refractivity contribution in [1.82, 2.24) is 0 Å². The average molecular weight is 276 g/mol. The van der Waals surface area contributed by atoms with Gasteiger partial charge in [-0.25, -0.2) is 0 Å². The summed E-state index contributed by atoms with van der Waals surface area (Å²) in [5, 5.41) is 0. The maximum Gasteiger partial charge on any atom is 0.303 e. The number of hydrogen-bond acceptors (Lipinski definition) is 2. The van der Waals surface area contributed by atoms with Gasteiger partial charge >= 0.3 is 11.9 Å². The number of halogens is 2. The summed E-state index contributed by atoms with van der Waals surface area (Å²) in [7, 11) is 0. The number of alkyl halides is 2. The maximum atomic E-state index is 13.5. The number of esters is 1. The Hall–Kier alpha value is -0.930. The van der Waals surface area contributed by atoms with E-state index in [0.29, 0.717) is 12.5 Å². The van der Waals surface area contributed by atoms with E-state index in [2.05, 4.69) is 13.5 Å². The van der Waals surface area contributed by atoms with Crippen molar-refractivity contribution in [2.75, 3.05) is 0 Å². The molecule has 0 aliphatic rings. The quantitative estimate of drug-likeness (QED) is 0.305. The highest BCUT2D eigenvalue weighted by Gasteiger charge is 2.38. The standard InChI is InChI=1S/C15H26F2O2/c1-4-6-7-8-9-10-11-12-14(19-13(3)18)15(16,17)5-2/h5,14H,2,4,6-12H2,1,3H3/t14-/m0/s1. The van der Waals surface area contributed by atoms with Gasteiger partial charge in [0, 0.05) is 6.92 Å². The number of rotatable bonds is 11. The number of ether oxygens (including phenoxy) is 1. The van der Waals surface area contributed by atoms with E-state index in [4.69, 9.17) is 4.74 Å².